The van der Waals surface area contributed by atoms with Crippen molar-refractivity contribution >= 4 is 0 Å². The van der Waals surface area contributed by atoms with Crippen molar-refractivity contribution in [2.75, 3.05) is 33.7 Å². The van der Waals surface area contributed by atoms with Gasteiger partial charge in [-0.05, 0) is 40.0 Å². The number of likely N-dealkylation sites (N-methyl/N-ethyl adjacent to an activating group) is 1. The molecule has 74 valence electrons. The number of likely N-dealkylation sites (tertiary alicyclic amines) is 1. The molecule has 2 nitrogen and oxygen atoms in total. The molecule has 1 atom stereocenters. The summed E-state index contributed by atoms with van der Waals surface area (Å²) in [5.74, 6) is 0. The number of nitrogens with zero attached hydrogens (tertiary/aromatic N) is 2. The number of rotatable bonds is 3. The van der Waals surface area contributed by atoms with E-state index in [0.717, 1.165) is 6.04 Å². The summed E-state index contributed by atoms with van der Waals surface area (Å²) in [4.78, 5) is 4.90. The fraction of sp³-hybridized carbons (Fsp3) is 1.00. The molecule has 1 saturated heterocycles. The van der Waals surface area contributed by atoms with Crippen LogP contribution in [0.5, 0.6) is 0 Å². The molecule has 0 aromatic carbocycles. The second-order valence-corrected chi connectivity index (χ2v) is 3.71. The Morgan fingerprint density at radius 1 is 1.42 bits per heavy atom. The van der Waals surface area contributed by atoms with E-state index in [0.29, 0.717) is 0 Å². The second-order valence-electron chi connectivity index (χ2n) is 3.71. The average Bonchev–Trinajstić information content (AvgIpc) is 2.37. The van der Waals surface area contributed by atoms with Crippen molar-refractivity contribution in [1.82, 2.24) is 9.80 Å². The summed E-state index contributed by atoms with van der Waals surface area (Å²) in [5.41, 5.74) is 0. The van der Waals surface area contributed by atoms with Crippen molar-refractivity contribution in [3.63, 3.8) is 0 Å². The van der Waals surface area contributed by atoms with Gasteiger partial charge in [0.15, 0.2) is 0 Å². The molecule has 1 aliphatic rings. The monoisotopic (exact) mass is 172 g/mol. The minimum Gasteiger partial charge on any atom is -0.305 e. The lowest BCUT2D eigenvalue weighted by Crippen LogP contribution is -2.31. The first-order valence-corrected chi connectivity index (χ1v) is 4.62. The van der Waals surface area contributed by atoms with E-state index < -0.39 is 0 Å². The SMILES string of the molecule is C.CCCN1CCC(N(C)C)C1. The Labute approximate surface area is 77.5 Å². The lowest BCUT2D eigenvalue weighted by Gasteiger charge is -2.19. The van der Waals surface area contributed by atoms with E-state index in [1.807, 2.05) is 0 Å². The molecule has 0 aromatic rings. The van der Waals surface area contributed by atoms with Gasteiger partial charge in [-0.1, -0.05) is 14.4 Å². The van der Waals surface area contributed by atoms with E-state index in [4.69, 9.17) is 0 Å². The average molecular weight is 172 g/mol. The third kappa shape index (κ3) is 3.11. The molecule has 0 aliphatic carbocycles. The van der Waals surface area contributed by atoms with E-state index in [-0.39, 0.29) is 7.43 Å². The Morgan fingerprint density at radius 2 is 2.08 bits per heavy atom. The summed E-state index contributed by atoms with van der Waals surface area (Å²) >= 11 is 0. The lowest BCUT2D eigenvalue weighted by molar-refractivity contribution is 0.269. The largest absolute Gasteiger partial charge is 0.305 e. The van der Waals surface area contributed by atoms with Crippen molar-refractivity contribution in [1.29, 1.82) is 0 Å². The number of hydrogen-bond donors (Lipinski definition) is 0. The van der Waals surface area contributed by atoms with Gasteiger partial charge in [0.1, 0.15) is 0 Å². The van der Waals surface area contributed by atoms with Crippen molar-refractivity contribution in [2.45, 2.75) is 33.2 Å². The van der Waals surface area contributed by atoms with Crippen LogP contribution >= 0.6 is 0 Å². The molecule has 12 heavy (non-hydrogen) atoms. The summed E-state index contributed by atoms with van der Waals surface area (Å²) in [6, 6.07) is 0.807. The molecule has 1 aliphatic heterocycles. The first-order valence-electron chi connectivity index (χ1n) is 4.62. The van der Waals surface area contributed by atoms with Crippen molar-refractivity contribution in [2.24, 2.45) is 0 Å². The molecule has 0 radical (unpaired) electrons. The van der Waals surface area contributed by atoms with Crippen LogP contribution in [0, 0.1) is 0 Å². The topological polar surface area (TPSA) is 6.48 Å². The van der Waals surface area contributed by atoms with Gasteiger partial charge in [0, 0.05) is 12.6 Å². The maximum atomic E-state index is 2.56. The molecule has 0 N–H and O–H groups in total. The Kier molecular flexibility index (Phi) is 5.51. The second kappa shape index (κ2) is 5.55. The third-order valence-electron chi connectivity index (χ3n) is 2.52. The van der Waals surface area contributed by atoms with Crippen molar-refractivity contribution in [3.8, 4) is 0 Å². The van der Waals surface area contributed by atoms with Crippen LogP contribution in [0.4, 0.5) is 0 Å². The highest BCUT2D eigenvalue weighted by molar-refractivity contribution is 4.79. The highest BCUT2D eigenvalue weighted by Crippen LogP contribution is 2.12. The molecule has 1 fully saturated rings. The Morgan fingerprint density at radius 3 is 2.50 bits per heavy atom. The van der Waals surface area contributed by atoms with Crippen LogP contribution in [0.1, 0.15) is 27.2 Å². The molecular formula is C10H24N2. The molecule has 0 saturated carbocycles. The highest BCUT2D eigenvalue weighted by Gasteiger charge is 2.22. The predicted octanol–water partition coefficient (Wildman–Crippen LogP) is 1.67. The maximum Gasteiger partial charge on any atom is 0.0229 e. The van der Waals surface area contributed by atoms with Gasteiger partial charge in [0.05, 0.1) is 0 Å². The number of hydrogen-bond acceptors (Lipinski definition) is 2. The summed E-state index contributed by atoms with van der Waals surface area (Å²) < 4.78 is 0. The standard InChI is InChI=1S/C9H20N2.CH4/c1-4-6-11-7-5-9(8-11)10(2)3;/h9H,4-8H2,1-3H3;1H4. The van der Waals surface area contributed by atoms with Crippen LogP contribution in [0.3, 0.4) is 0 Å². The van der Waals surface area contributed by atoms with Gasteiger partial charge in [0.2, 0.25) is 0 Å². The molecule has 1 rings (SSSR count). The molecule has 1 unspecified atom stereocenters. The fourth-order valence-electron chi connectivity index (χ4n) is 1.75. The summed E-state index contributed by atoms with van der Waals surface area (Å²) in [6.07, 6.45) is 2.65. The maximum absolute atomic E-state index is 2.56. The predicted molar refractivity (Wildman–Crippen MR) is 55.6 cm³/mol. The van der Waals surface area contributed by atoms with Crippen LogP contribution in [-0.4, -0.2) is 49.6 Å². The van der Waals surface area contributed by atoms with Crippen molar-refractivity contribution in [3.05, 3.63) is 0 Å². The summed E-state index contributed by atoms with van der Waals surface area (Å²) in [5, 5.41) is 0. The van der Waals surface area contributed by atoms with E-state index in [2.05, 4.69) is 30.8 Å². The summed E-state index contributed by atoms with van der Waals surface area (Å²) in [7, 11) is 4.36. The Hall–Kier alpha value is -0.0800. The third-order valence-corrected chi connectivity index (χ3v) is 2.52. The van der Waals surface area contributed by atoms with Crippen molar-refractivity contribution < 1.29 is 0 Å². The molecule has 0 aromatic heterocycles. The van der Waals surface area contributed by atoms with Gasteiger partial charge in [-0.3, -0.25) is 0 Å². The summed E-state index contributed by atoms with van der Waals surface area (Å²) in [6.45, 7) is 6.12. The van der Waals surface area contributed by atoms with E-state index >= 15 is 0 Å². The van der Waals surface area contributed by atoms with Crippen LogP contribution < -0.4 is 0 Å². The van der Waals surface area contributed by atoms with Gasteiger partial charge >= 0.3 is 0 Å². The molecule has 0 spiro atoms. The molecule has 0 bridgehead atoms. The Balaban J connectivity index is 0.00000121. The van der Waals surface area contributed by atoms with Gasteiger partial charge in [0.25, 0.3) is 0 Å². The van der Waals surface area contributed by atoms with Crippen LogP contribution in [-0.2, 0) is 0 Å². The van der Waals surface area contributed by atoms with Gasteiger partial charge < -0.3 is 9.80 Å². The molecule has 2 heteroatoms. The zero-order valence-electron chi connectivity index (χ0n) is 8.01. The first kappa shape index (κ1) is 11.9. The van der Waals surface area contributed by atoms with Gasteiger partial charge in [-0.15, -0.1) is 0 Å². The van der Waals surface area contributed by atoms with E-state index in [9.17, 15) is 0 Å². The van der Waals surface area contributed by atoms with Crippen LogP contribution in [0.25, 0.3) is 0 Å². The Bertz CT molecular complexity index is 112. The minimum atomic E-state index is 0. The zero-order chi connectivity index (χ0) is 8.27. The molecule has 1 heterocycles. The molecular weight excluding hydrogens is 148 g/mol. The highest BCUT2D eigenvalue weighted by atomic mass is 15.2. The van der Waals surface area contributed by atoms with Crippen LogP contribution in [0.2, 0.25) is 0 Å². The quantitative estimate of drug-likeness (QED) is 0.639. The van der Waals surface area contributed by atoms with E-state index in [1.165, 1.54) is 32.5 Å². The normalized spacial score (nSPS) is 24.5. The van der Waals surface area contributed by atoms with Gasteiger partial charge in [-0.25, -0.2) is 0 Å². The van der Waals surface area contributed by atoms with E-state index in [1.54, 1.807) is 0 Å². The minimum absolute atomic E-state index is 0. The fourth-order valence-corrected chi connectivity index (χ4v) is 1.75. The lowest BCUT2D eigenvalue weighted by atomic mass is 10.2. The zero-order valence-corrected chi connectivity index (χ0v) is 8.01. The van der Waals surface area contributed by atoms with Gasteiger partial charge in [-0.2, -0.15) is 0 Å². The van der Waals surface area contributed by atoms with Crippen LogP contribution in [0.15, 0.2) is 0 Å². The molecule has 0 amide bonds. The first-order chi connectivity index (χ1) is 5.24. The smallest absolute Gasteiger partial charge is 0.0229 e.